The van der Waals surface area contributed by atoms with E-state index in [0.29, 0.717) is 6.42 Å². The highest BCUT2D eigenvalue weighted by Gasteiger charge is 2.82. The SMILES string of the molecule is C[C@@]12C[C@H](c3ccccc3)[C@](C#N)(C(=N)O1)C2(C#N)C#N. The molecular weight excluding hydrogens is 264 g/mol. The van der Waals surface area contributed by atoms with E-state index in [4.69, 9.17) is 10.1 Å². The van der Waals surface area contributed by atoms with Crippen molar-refractivity contribution in [1.29, 1.82) is 21.2 Å². The predicted molar refractivity (Wildman–Crippen MR) is 72.7 cm³/mol. The van der Waals surface area contributed by atoms with E-state index in [9.17, 15) is 15.8 Å². The molecule has 3 rings (SSSR count). The Bertz CT molecular complexity index is 737. The zero-order chi connectivity index (χ0) is 15.3. The first-order chi connectivity index (χ1) is 10.0. The lowest BCUT2D eigenvalue weighted by molar-refractivity contribution is 0.0527. The first-order valence-corrected chi connectivity index (χ1v) is 6.58. The summed E-state index contributed by atoms with van der Waals surface area (Å²) in [6.45, 7) is 1.65. The maximum Gasteiger partial charge on any atom is 0.210 e. The molecule has 1 aliphatic heterocycles. The molecule has 21 heavy (non-hydrogen) atoms. The molecule has 1 saturated carbocycles. The smallest absolute Gasteiger partial charge is 0.210 e. The maximum atomic E-state index is 9.78. The fourth-order valence-electron chi connectivity index (χ4n) is 3.83. The molecule has 0 spiro atoms. The molecule has 2 bridgehead atoms. The molecule has 5 nitrogen and oxygen atoms in total. The molecular formula is C16H12N4O. The van der Waals surface area contributed by atoms with Gasteiger partial charge in [0.15, 0.2) is 5.41 Å². The van der Waals surface area contributed by atoms with Gasteiger partial charge in [-0.3, -0.25) is 5.41 Å². The molecule has 1 aliphatic carbocycles. The van der Waals surface area contributed by atoms with Crippen LogP contribution in [-0.2, 0) is 4.74 Å². The van der Waals surface area contributed by atoms with Gasteiger partial charge in [0.05, 0.1) is 18.2 Å². The first-order valence-electron chi connectivity index (χ1n) is 6.58. The highest BCUT2D eigenvalue weighted by Crippen LogP contribution is 2.70. The van der Waals surface area contributed by atoms with Gasteiger partial charge in [-0.1, -0.05) is 30.3 Å². The van der Waals surface area contributed by atoms with Crippen LogP contribution in [0.2, 0.25) is 0 Å². The second-order valence-corrected chi connectivity index (χ2v) is 5.72. The van der Waals surface area contributed by atoms with Crippen molar-refractivity contribution < 1.29 is 4.74 Å². The second-order valence-electron chi connectivity index (χ2n) is 5.72. The Morgan fingerprint density at radius 3 is 2.29 bits per heavy atom. The van der Waals surface area contributed by atoms with Crippen LogP contribution in [0.5, 0.6) is 0 Å². The Kier molecular flexibility index (Phi) is 2.41. The van der Waals surface area contributed by atoms with E-state index >= 15 is 0 Å². The van der Waals surface area contributed by atoms with Crippen molar-refractivity contribution in [1.82, 2.24) is 0 Å². The van der Waals surface area contributed by atoms with E-state index < -0.39 is 22.3 Å². The fraction of sp³-hybridized carbons (Fsp3) is 0.375. The van der Waals surface area contributed by atoms with Crippen LogP contribution in [0.4, 0.5) is 0 Å². The molecule has 5 heteroatoms. The van der Waals surface area contributed by atoms with Gasteiger partial charge in [-0.05, 0) is 18.9 Å². The summed E-state index contributed by atoms with van der Waals surface area (Å²) in [6.07, 6.45) is 0.369. The number of hydrogen-bond donors (Lipinski definition) is 1. The molecule has 1 aromatic rings. The van der Waals surface area contributed by atoms with Crippen LogP contribution in [0.1, 0.15) is 24.8 Å². The lowest BCUT2D eigenvalue weighted by Crippen LogP contribution is -2.43. The lowest BCUT2D eigenvalue weighted by Gasteiger charge is -2.30. The quantitative estimate of drug-likeness (QED) is 0.850. The monoisotopic (exact) mass is 276 g/mol. The van der Waals surface area contributed by atoms with Gasteiger partial charge in [0.25, 0.3) is 0 Å². The summed E-state index contributed by atoms with van der Waals surface area (Å²) in [5, 5.41) is 37.2. The number of fused-ring (bicyclic) bond motifs is 2. The van der Waals surface area contributed by atoms with Gasteiger partial charge in [0, 0.05) is 5.92 Å². The third-order valence-electron chi connectivity index (χ3n) is 4.90. The molecule has 2 aliphatic rings. The van der Waals surface area contributed by atoms with Crippen molar-refractivity contribution in [3.05, 3.63) is 35.9 Å². The molecule has 1 saturated heterocycles. The average Bonchev–Trinajstić information content (AvgIpc) is 2.84. The Hall–Kier alpha value is -2.84. The van der Waals surface area contributed by atoms with Crippen LogP contribution in [0.15, 0.2) is 30.3 Å². The highest BCUT2D eigenvalue weighted by atomic mass is 16.5. The van der Waals surface area contributed by atoms with Crippen molar-refractivity contribution in [2.24, 2.45) is 10.8 Å². The zero-order valence-electron chi connectivity index (χ0n) is 11.4. The largest absolute Gasteiger partial charge is 0.471 e. The standard InChI is InChI=1S/C16H12N4O/c1-14-7-12(11-5-3-2-4-6-11)16(10-19,13(20)21-14)15(14,8-17)9-18/h2-6,12,20H,7H2,1H3/t12-,14+,16-/m1/s1. The summed E-state index contributed by atoms with van der Waals surface area (Å²) in [4.78, 5) is 0. The minimum absolute atomic E-state index is 0.268. The molecule has 3 atom stereocenters. The van der Waals surface area contributed by atoms with Crippen LogP contribution in [-0.4, -0.2) is 11.5 Å². The molecule has 0 radical (unpaired) electrons. The van der Waals surface area contributed by atoms with Gasteiger partial charge in [-0.25, -0.2) is 0 Å². The van der Waals surface area contributed by atoms with Gasteiger partial charge in [-0.15, -0.1) is 0 Å². The number of hydrogen-bond acceptors (Lipinski definition) is 5. The van der Waals surface area contributed by atoms with Crippen LogP contribution < -0.4 is 0 Å². The van der Waals surface area contributed by atoms with Gasteiger partial charge >= 0.3 is 0 Å². The molecule has 0 unspecified atom stereocenters. The van der Waals surface area contributed by atoms with Gasteiger partial charge in [0.1, 0.15) is 5.60 Å². The number of rotatable bonds is 1. The Morgan fingerprint density at radius 2 is 1.76 bits per heavy atom. The highest BCUT2D eigenvalue weighted by molar-refractivity contribution is 5.92. The van der Waals surface area contributed by atoms with Crippen molar-refractivity contribution in [3.8, 4) is 18.2 Å². The third-order valence-corrected chi connectivity index (χ3v) is 4.90. The predicted octanol–water partition coefficient (Wildman–Crippen LogP) is 2.48. The number of benzene rings is 1. The molecule has 2 fully saturated rings. The van der Waals surface area contributed by atoms with Gasteiger partial charge in [-0.2, -0.15) is 15.8 Å². The normalized spacial score (nSPS) is 35.3. The van der Waals surface area contributed by atoms with E-state index in [1.807, 2.05) is 42.5 Å². The van der Waals surface area contributed by atoms with E-state index in [2.05, 4.69) is 6.07 Å². The van der Waals surface area contributed by atoms with E-state index in [-0.39, 0.29) is 5.90 Å². The Labute approximate surface area is 122 Å². The molecule has 0 amide bonds. The molecule has 1 aromatic carbocycles. The number of nitrogens with one attached hydrogen (secondary N) is 1. The fourth-order valence-corrected chi connectivity index (χ4v) is 3.83. The van der Waals surface area contributed by atoms with Crippen molar-refractivity contribution in [2.45, 2.75) is 24.9 Å². The summed E-state index contributed by atoms with van der Waals surface area (Å²) in [6, 6.07) is 15.4. The Balaban J connectivity index is 2.31. The molecule has 1 heterocycles. The van der Waals surface area contributed by atoms with Crippen LogP contribution in [0, 0.1) is 50.2 Å². The zero-order valence-corrected chi connectivity index (χ0v) is 11.4. The van der Waals surface area contributed by atoms with E-state index in [1.165, 1.54) is 0 Å². The van der Waals surface area contributed by atoms with Gasteiger partial charge in [0.2, 0.25) is 11.3 Å². The number of nitriles is 3. The van der Waals surface area contributed by atoms with Crippen LogP contribution in [0.3, 0.4) is 0 Å². The average molecular weight is 276 g/mol. The minimum Gasteiger partial charge on any atom is -0.471 e. The maximum absolute atomic E-state index is 9.78. The molecule has 1 N–H and O–H groups in total. The van der Waals surface area contributed by atoms with Crippen LogP contribution in [0.25, 0.3) is 0 Å². The number of ether oxygens (including phenoxy) is 1. The van der Waals surface area contributed by atoms with Crippen molar-refractivity contribution in [3.63, 3.8) is 0 Å². The summed E-state index contributed by atoms with van der Waals surface area (Å²) in [7, 11) is 0. The van der Waals surface area contributed by atoms with Gasteiger partial charge < -0.3 is 4.74 Å². The number of nitrogens with zero attached hydrogens (tertiary/aromatic N) is 3. The van der Waals surface area contributed by atoms with Crippen molar-refractivity contribution >= 4 is 5.90 Å². The molecule has 102 valence electrons. The van der Waals surface area contributed by atoms with Crippen LogP contribution >= 0.6 is 0 Å². The topological polar surface area (TPSA) is 104 Å². The summed E-state index contributed by atoms with van der Waals surface area (Å²) in [5.74, 6) is -0.662. The first kappa shape index (κ1) is 13.2. The summed E-state index contributed by atoms with van der Waals surface area (Å²) < 4.78 is 5.51. The summed E-state index contributed by atoms with van der Waals surface area (Å²) in [5.41, 5.74) is -3.49. The minimum atomic E-state index is -1.66. The Morgan fingerprint density at radius 1 is 1.14 bits per heavy atom. The second kappa shape index (κ2) is 3.84. The van der Waals surface area contributed by atoms with Crippen molar-refractivity contribution in [2.75, 3.05) is 0 Å². The lowest BCUT2D eigenvalue weighted by atomic mass is 9.62. The summed E-state index contributed by atoms with van der Waals surface area (Å²) >= 11 is 0. The molecule has 0 aromatic heterocycles. The third kappa shape index (κ3) is 1.17. The van der Waals surface area contributed by atoms with E-state index in [1.54, 1.807) is 6.92 Å². The van der Waals surface area contributed by atoms with E-state index in [0.717, 1.165) is 5.56 Å².